The van der Waals surface area contributed by atoms with E-state index in [-0.39, 0.29) is 24.1 Å². The third-order valence-electron chi connectivity index (χ3n) is 5.82. The first-order valence-electron chi connectivity index (χ1n) is 10.1. The number of hydrogen-bond donors (Lipinski definition) is 0. The average Bonchev–Trinajstić information content (AvgIpc) is 2.76. The SMILES string of the molecule is CC[C@H](C)n1c(=O)c2ccccc2n(CC(=O)N2CCCc3ccccc32)c1=O. The zero-order chi connectivity index (χ0) is 20.5. The molecule has 6 heteroatoms. The second kappa shape index (κ2) is 7.70. The number of amides is 1. The lowest BCUT2D eigenvalue weighted by Gasteiger charge is -2.30. The Labute approximate surface area is 169 Å². The van der Waals surface area contributed by atoms with Crippen LogP contribution in [0.1, 0.15) is 38.3 Å². The van der Waals surface area contributed by atoms with E-state index in [1.165, 1.54) is 9.13 Å². The van der Waals surface area contributed by atoms with Crippen molar-refractivity contribution in [3.05, 3.63) is 74.9 Å². The van der Waals surface area contributed by atoms with Crippen molar-refractivity contribution < 1.29 is 4.79 Å². The predicted molar refractivity (Wildman–Crippen MR) is 115 cm³/mol. The van der Waals surface area contributed by atoms with Crippen LogP contribution in [0.4, 0.5) is 5.69 Å². The molecule has 1 aliphatic rings. The Bertz CT molecular complexity index is 1190. The summed E-state index contributed by atoms with van der Waals surface area (Å²) >= 11 is 0. The van der Waals surface area contributed by atoms with Crippen molar-refractivity contribution >= 4 is 22.5 Å². The highest BCUT2D eigenvalue weighted by Gasteiger charge is 2.24. The van der Waals surface area contributed by atoms with Crippen LogP contribution >= 0.6 is 0 Å². The van der Waals surface area contributed by atoms with Gasteiger partial charge in [0.05, 0.1) is 10.9 Å². The monoisotopic (exact) mass is 391 g/mol. The molecule has 0 bridgehead atoms. The average molecular weight is 391 g/mol. The number of aryl methyl sites for hydroxylation is 1. The van der Waals surface area contributed by atoms with E-state index in [1.807, 2.05) is 38.1 Å². The normalized spacial score (nSPS) is 14.6. The molecule has 3 aromatic rings. The zero-order valence-corrected chi connectivity index (χ0v) is 16.8. The largest absolute Gasteiger partial charge is 0.332 e. The van der Waals surface area contributed by atoms with Gasteiger partial charge in [-0.05, 0) is 49.9 Å². The van der Waals surface area contributed by atoms with Crippen molar-refractivity contribution in [3.8, 4) is 0 Å². The van der Waals surface area contributed by atoms with Crippen molar-refractivity contribution in [1.29, 1.82) is 0 Å². The van der Waals surface area contributed by atoms with E-state index in [0.717, 1.165) is 24.1 Å². The van der Waals surface area contributed by atoms with E-state index in [9.17, 15) is 14.4 Å². The van der Waals surface area contributed by atoms with Gasteiger partial charge in [0.2, 0.25) is 5.91 Å². The molecule has 150 valence electrons. The third kappa shape index (κ3) is 3.28. The molecule has 6 nitrogen and oxygen atoms in total. The van der Waals surface area contributed by atoms with Crippen molar-refractivity contribution in [2.45, 2.75) is 45.7 Å². The highest BCUT2D eigenvalue weighted by atomic mass is 16.2. The topological polar surface area (TPSA) is 64.3 Å². The number of rotatable bonds is 4. The molecule has 4 rings (SSSR count). The molecule has 1 aliphatic heterocycles. The van der Waals surface area contributed by atoms with Crippen LogP contribution in [0, 0.1) is 0 Å². The Morgan fingerprint density at radius 3 is 2.59 bits per heavy atom. The van der Waals surface area contributed by atoms with E-state index < -0.39 is 5.69 Å². The molecule has 0 aliphatic carbocycles. The van der Waals surface area contributed by atoms with Crippen LogP contribution in [-0.2, 0) is 17.8 Å². The Kier molecular flexibility index (Phi) is 5.09. The van der Waals surface area contributed by atoms with Gasteiger partial charge >= 0.3 is 5.69 Å². The second-order valence-corrected chi connectivity index (χ2v) is 7.60. The van der Waals surface area contributed by atoms with E-state index in [0.29, 0.717) is 23.9 Å². The van der Waals surface area contributed by atoms with Gasteiger partial charge in [-0.3, -0.25) is 18.7 Å². The molecule has 1 atom stereocenters. The minimum Gasteiger partial charge on any atom is -0.311 e. The van der Waals surface area contributed by atoms with Crippen LogP contribution in [0.5, 0.6) is 0 Å². The summed E-state index contributed by atoms with van der Waals surface area (Å²) < 4.78 is 2.72. The van der Waals surface area contributed by atoms with E-state index in [2.05, 4.69) is 0 Å². The number of nitrogens with zero attached hydrogens (tertiary/aromatic N) is 3. The fourth-order valence-electron chi connectivity index (χ4n) is 4.08. The van der Waals surface area contributed by atoms with Gasteiger partial charge in [-0.25, -0.2) is 4.79 Å². The van der Waals surface area contributed by atoms with Gasteiger partial charge in [0.15, 0.2) is 0 Å². The number of para-hydroxylation sites is 2. The molecule has 0 unspecified atom stereocenters. The predicted octanol–water partition coefficient (Wildman–Crippen LogP) is 3.11. The lowest BCUT2D eigenvalue weighted by Crippen LogP contribution is -2.45. The maximum Gasteiger partial charge on any atom is 0.332 e. The summed E-state index contributed by atoms with van der Waals surface area (Å²) in [4.78, 5) is 41.1. The summed E-state index contributed by atoms with van der Waals surface area (Å²) in [6.07, 6.45) is 2.49. The van der Waals surface area contributed by atoms with Crippen molar-refractivity contribution in [2.24, 2.45) is 0 Å². The minimum atomic E-state index is -0.429. The van der Waals surface area contributed by atoms with Gasteiger partial charge in [0, 0.05) is 18.3 Å². The molecule has 0 N–H and O–H groups in total. The molecule has 2 aromatic carbocycles. The quantitative estimate of drug-likeness (QED) is 0.686. The molecular formula is C23H25N3O3. The Morgan fingerprint density at radius 2 is 1.79 bits per heavy atom. The van der Waals surface area contributed by atoms with Crippen LogP contribution in [0.15, 0.2) is 58.1 Å². The highest BCUT2D eigenvalue weighted by Crippen LogP contribution is 2.27. The van der Waals surface area contributed by atoms with Crippen LogP contribution in [0.2, 0.25) is 0 Å². The molecule has 0 spiro atoms. The number of carbonyl (C=O) groups is 1. The molecular weight excluding hydrogens is 366 g/mol. The molecule has 0 saturated heterocycles. The number of fused-ring (bicyclic) bond motifs is 2. The van der Waals surface area contributed by atoms with Crippen LogP contribution in [0.3, 0.4) is 0 Å². The molecule has 2 heterocycles. The lowest BCUT2D eigenvalue weighted by molar-refractivity contribution is -0.119. The number of hydrogen-bond acceptors (Lipinski definition) is 3. The summed E-state index contributed by atoms with van der Waals surface area (Å²) in [6.45, 7) is 4.33. The summed E-state index contributed by atoms with van der Waals surface area (Å²) in [6, 6.07) is 14.7. The maximum absolute atomic E-state index is 13.2. The smallest absolute Gasteiger partial charge is 0.311 e. The first-order chi connectivity index (χ1) is 14.0. The summed E-state index contributed by atoms with van der Waals surface area (Å²) in [7, 11) is 0. The fraction of sp³-hybridized carbons (Fsp3) is 0.348. The number of benzene rings is 2. The number of aromatic nitrogens is 2. The number of carbonyl (C=O) groups excluding carboxylic acids is 1. The molecule has 0 fully saturated rings. The summed E-state index contributed by atoms with van der Waals surface area (Å²) in [5.74, 6) is -0.140. The van der Waals surface area contributed by atoms with Crippen molar-refractivity contribution in [1.82, 2.24) is 9.13 Å². The third-order valence-corrected chi connectivity index (χ3v) is 5.82. The Morgan fingerprint density at radius 1 is 1.07 bits per heavy atom. The van der Waals surface area contributed by atoms with Gasteiger partial charge in [0.25, 0.3) is 5.56 Å². The standard InChI is InChI=1S/C23H25N3O3/c1-3-16(2)26-22(28)18-11-5-7-13-20(18)25(23(26)29)15-21(27)24-14-8-10-17-9-4-6-12-19(17)24/h4-7,9,11-13,16H,3,8,10,14-15H2,1-2H3/t16-/m0/s1. The Balaban J connectivity index is 1.82. The minimum absolute atomic E-state index is 0.0929. The summed E-state index contributed by atoms with van der Waals surface area (Å²) in [5, 5.41) is 0.458. The summed E-state index contributed by atoms with van der Waals surface area (Å²) in [5.41, 5.74) is 1.83. The van der Waals surface area contributed by atoms with Crippen LogP contribution in [-0.4, -0.2) is 21.6 Å². The lowest BCUT2D eigenvalue weighted by atomic mass is 10.0. The molecule has 29 heavy (non-hydrogen) atoms. The van der Waals surface area contributed by atoms with Crippen LogP contribution in [0.25, 0.3) is 10.9 Å². The van der Waals surface area contributed by atoms with Crippen molar-refractivity contribution in [3.63, 3.8) is 0 Å². The first-order valence-corrected chi connectivity index (χ1v) is 10.1. The fourth-order valence-corrected chi connectivity index (χ4v) is 4.08. The van der Waals surface area contributed by atoms with Crippen LogP contribution < -0.4 is 16.1 Å². The number of anilines is 1. The van der Waals surface area contributed by atoms with E-state index >= 15 is 0 Å². The van der Waals surface area contributed by atoms with Gasteiger partial charge in [-0.1, -0.05) is 37.3 Å². The second-order valence-electron chi connectivity index (χ2n) is 7.60. The maximum atomic E-state index is 13.2. The van der Waals surface area contributed by atoms with Gasteiger partial charge in [-0.2, -0.15) is 0 Å². The highest BCUT2D eigenvalue weighted by molar-refractivity contribution is 5.95. The molecule has 1 aromatic heterocycles. The van der Waals surface area contributed by atoms with Gasteiger partial charge in [-0.15, -0.1) is 0 Å². The van der Waals surface area contributed by atoms with E-state index in [4.69, 9.17) is 0 Å². The molecule has 0 saturated carbocycles. The Hall–Kier alpha value is -3.15. The van der Waals surface area contributed by atoms with E-state index in [1.54, 1.807) is 29.2 Å². The van der Waals surface area contributed by atoms with Gasteiger partial charge < -0.3 is 4.90 Å². The van der Waals surface area contributed by atoms with Crippen molar-refractivity contribution in [2.75, 3.05) is 11.4 Å². The van der Waals surface area contributed by atoms with Gasteiger partial charge in [0.1, 0.15) is 6.54 Å². The zero-order valence-electron chi connectivity index (χ0n) is 16.8. The molecule has 1 amide bonds. The molecule has 0 radical (unpaired) electrons. The first kappa shape index (κ1) is 19.2.